The van der Waals surface area contributed by atoms with Crippen molar-refractivity contribution in [1.82, 2.24) is 9.88 Å². The van der Waals surface area contributed by atoms with E-state index >= 15 is 0 Å². The number of carboxylic acids is 1. The SMILES string of the molecule is C=CC1=C(C(=O)O)N2C(=O)C[C@H]2SC1.NC(=O)/C(=N\OC(c1ccccc1)(c1ccccc1)c1ccccc1)c1csc(N)n1. The Kier molecular flexibility index (Phi) is 9.45. The number of amides is 2. The first-order chi connectivity index (χ1) is 21.8. The minimum Gasteiger partial charge on any atom is -0.477 e. The fourth-order valence-corrected chi connectivity index (χ4v) is 6.81. The molecule has 2 amide bonds. The van der Waals surface area contributed by atoms with E-state index in [2.05, 4.69) is 16.7 Å². The van der Waals surface area contributed by atoms with Crippen LogP contribution in [0.4, 0.5) is 5.13 Å². The van der Waals surface area contributed by atoms with Gasteiger partial charge in [0.15, 0.2) is 10.8 Å². The average molecular weight is 640 g/mol. The monoisotopic (exact) mass is 639 g/mol. The number of benzene rings is 3. The summed E-state index contributed by atoms with van der Waals surface area (Å²) in [7, 11) is 0. The normalized spacial score (nSPS) is 16.1. The van der Waals surface area contributed by atoms with Crippen LogP contribution in [0, 0.1) is 0 Å². The molecule has 5 N–H and O–H groups in total. The average Bonchev–Trinajstić information content (AvgIpc) is 3.49. The fourth-order valence-electron chi connectivity index (χ4n) is 5.00. The lowest BCUT2D eigenvalue weighted by Crippen LogP contribution is -2.53. The molecule has 2 aliphatic rings. The van der Waals surface area contributed by atoms with Crippen molar-refractivity contribution in [3.8, 4) is 0 Å². The van der Waals surface area contributed by atoms with Crippen molar-refractivity contribution in [2.75, 3.05) is 11.5 Å². The molecule has 3 aromatic carbocycles. The van der Waals surface area contributed by atoms with Crippen LogP contribution in [-0.4, -0.2) is 49.6 Å². The summed E-state index contributed by atoms with van der Waals surface area (Å²) in [4.78, 5) is 46.1. The number of carbonyl (C=O) groups excluding carboxylic acids is 2. The maximum absolute atomic E-state index is 12.2. The van der Waals surface area contributed by atoms with Gasteiger partial charge >= 0.3 is 5.97 Å². The Balaban J connectivity index is 0.000000238. The van der Waals surface area contributed by atoms with E-state index in [1.807, 2.05) is 91.0 Å². The van der Waals surface area contributed by atoms with Crippen molar-refractivity contribution >= 4 is 51.7 Å². The molecule has 0 spiro atoms. The predicted octanol–water partition coefficient (Wildman–Crippen LogP) is 4.74. The van der Waals surface area contributed by atoms with Gasteiger partial charge < -0.3 is 21.4 Å². The molecule has 2 aliphatic heterocycles. The van der Waals surface area contributed by atoms with E-state index < -0.39 is 17.5 Å². The zero-order valence-electron chi connectivity index (χ0n) is 23.9. The molecule has 1 atom stereocenters. The number of anilines is 1. The summed E-state index contributed by atoms with van der Waals surface area (Å²) in [5.74, 6) is -1.29. The number of allylic oxidation sites excluding steroid dienone is 1. The van der Waals surface area contributed by atoms with Crippen LogP contribution in [-0.2, 0) is 24.8 Å². The number of carbonyl (C=O) groups is 3. The van der Waals surface area contributed by atoms with Gasteiger partial charge in [-0.1, -0.05) is 109 Å². The van der Waals surface area contributed by atoms with Crippen LogP contribution in [0.3, 0.4) is 0 Å². The topological polar surface area (TPSA) is 161 Å². The molecule has 1 aromatic heterocycles. The number of hydrogen-bond acceptors (Lipinski definition) is 9. The maximum atomic E-state index is 12.2. The highest BCUT2D eigenvalue weighted by molar-refractivity contribution is 8.00. The molecule has 228 valence electrons. The Morgan fingerprint density at radius 2 is 1.53 bits per heavy atom. The van der Waals surface area contributed by atoms with Crippen LogP contribution < -0.4 is 11.5 Å². The molecular formula is C33H29N5O5S2. The van der Waals surface area contributed by atoms with E-state index in [1.165, 1.54) is 22.3 Å². The number of nitrogen functional groups attached to an aromatic ring is 1. The molecule has 0 bridgehead atoms. The number of primary amides is 1. The number of thioether (sulfide) groups is 1. The zero-order valence-corrected chi connectivity index (χ0v) is 25.5. The van der Waals surface area contributed by atoms with Crippen LogP contribution in [0.1, 0.15) is 28.8 Å². The molecule has 1 fully saturated rings. The van der Waals surface area contributed by atoms with Crippen LogP contribution >= 0.6 is 23.1 Å². The largest absolute Gasteiger partial charge is 0.477 e. The van der Waals surface area contributed by atoms with Gasteiger partial charge in [-0.25, -0.2) is 9.78 Å². The standard InChI is InChI=1S/C24H20N4O2S.C9H9NO3S/c25-22(29)21(20-16-31-23(26)27-20)28-30-24(17-10-4-1-5-11-17,18-12-6-2-7-13-18)19-14-8-3-9-15-19;1-2-5-4-14-7-3-6(11)10(7)8(5)9(12)13/h1-16H,(H2,25,29)(H2,26,27);2,7H,1,3-4H2,(H,12,13)/b28-21-;/t;7-/m.1/s1. The maximum Gasteiger partial charge on any atom is 0.352 e. The number of hydrogen-bond donors (Lipinski definition) is 3. The summed E-state index contributed by atoms with van der Waals surface area (Å²) < 4.78 is 0. The second-order valence-corrected chi connectivity index (χ2v) is 11.9. The predicted molar refractivity (Wildman–Crippen MR) is 175 cm³/mol. The van der Waals surface area contributed by atoms with Crippen LogP contribution in [0.5, 0.6) is 0 Å². The van der Waals surface area contributed by atoms with Gasteiger partial charge in [0.25, 0.3) is 5.91 Å². The molecule has 0 saturated carbocycles. The Morgan fingerprint density at radius 1 is 1.00 bits per heavy atom. The van der Waals surface area contributed by atoms with E-state index in [-0.39, 0.29) is 28.4 Å². The molecule has 0 radical (unpaired) electrons. The van der Waals surface area contributed by atoms with Crippen molar-refractivity contribution < 1.29 is 24.3 Å². The van der Waals surface area contributed by atoms with E-state index in [0.29, 0.717) is 22.9 Å². The first kappa shape index (κ1) is 31.2. The number of oxime groups is 1. The number of thiazole rings is 1. The number of nitrogens with zero attached hydrogens (tertiary/aromatic N) is 3. The third-order valence-corrected chi connectivity index (χ3v) is 9.06. The molecular weight excluding hydrogens is 611 g/mol. The Bertz CT molecular complexity index is 1680. The van der Waals surface area contributed by atoms with Crippen molar-refractivity contribution in [3.63, 3.8) is 0 Å². The van der Waals surface area contributed by atoms with Gasteiger partial charge in [0, 0.05) is 27.8 Å². The summed E-state index contributed by atoms with van der Waals surface area (Å²) in [5.41, 5.74) is 13.7. The lowest BCUT2D eigenvalue weighted by atomic mass is 9.80. The molecule has 10 nitrogen and oxygen atoms in total. The summed E-state index contributed by atoms with van der Waals surface area (Å²) in [6.07, 6.45) is 1.96. The molecule has 4 aromatic rings. The van der Waals surface area contributed by atoms with E-state index in [0.717, 1.165) is 16.7 Å². The van der Waals surface area contributed by atoms with E-state index in [1.54, 1.807) is 17.1 Å². The van der Waals surface area contributed by atoms with Gasteiger partial charge in [0.05, 0.1) is 11.8 Å². The van der Waals surface area contributed by atoms with Crippen LogP contribution in [0.15, 0.2) is 125 Å². The van der Waals surface area contributed by atoms with Gasteiger partial charge in [-0.2, -0.15) is 0 Å². The van der Waals surface area contributed by atoms with Gasteiger partial charge in [-0.3, -0.25) is 14.5 Å². The molecule has 45 heavy (non-hydrogen) atoms. The fraction of sp³-hybridized carbons (Fsp3) is 0.121. The molecule has 3 heterocycles. The van der Waals surface area contributed by atoms with Crippen molar-refractivity contribution in [1.29, 1.82) is 0 Å². The molecule has 0 aliphatic carbocycles. The van der Waals surface area contributed by atoms with Crippen molar-refractivity contribution in [3.05, 3.63) is 143 Å². The Morgan fingerprint density at radius 3 is 1.93 bits per heavy atom. The number of carboxylic acid groups (broad SMARTS) is 1. The lowest BCUT2D eigenvalue weighted by Gasteiger charge is -2.43. The lowest BCUT2D eigenvalue weighted by molar-refractivity contribution is -0.146. The summed E-state index contributed by atoms with van der Waals surface area (Å²) >= 11 is 2.78. The quantitative estimate of drug-likeness (QED) is 0.102. The van der Waals surface area contributed by atoms with E-state index in [9.17, 15) is 14.4 Å². The third-order valence-electron chi connectivity index (χ3n) is 7.14. The van der Waals surface area contributed by atoms with Gasteiger partial charge in [-0.15, -0.1) is 23.1 Å². The van der Waals surface area contributed by atoms with Gasteiger partial charge in [0.1, 0.15) is 11.4 Å². The number of nitrogens with two attached hydrogens (primary N) is 2. The van der Waals surface area contributed by atoms with Crippen molar-refractivity contribution in [2.45, 2.75) is 17.4 Å². The number of fused-ring (bicyclic) bond motifs is 1. The summed E-state index contributed by atoms with van der Waals surface area (Å²) in [6, 6.07) is 29.1. The van der Waals surface area contributed by atoms with Gasteiger partial charge in [0.2, 0.25) is 11.5 Å². The van der Waals surface area contributed by atoms with Crippen molar-refractivity contribution in [2.24, 2.45) is 10.9 Å². The number of aromatic nitrogens is 1. The van der Waals surface area contributed by atoms with Crippen LogP contribution in [0.25, 0.3) is 0 Å². The highest BCUT2D eigenvalue weighted by atomic mass is 32.2. The number of β-lactam (4-membered cyclic amide) rings is 1. The molecule has 0 unspecified atom stereocenters. The second-order valence-electron chi connectivity index (χ2n) is 9.86. The number of rotatable bonds is 9. The number of aliphatic carboxylic acids is 1. The highest BCUT2D eigenvalue weighted by Crippen LogP contribution is 2.41. The smallest absolute Gasteiger partial charge is 0.352 e. The first-order valence-corrected chi connectivity index (χ1v) is 15.7. The minimum absolute atomic E-state index is 0.0253. The Hall–Kier alpha value is -5.20. The minimum atomic E-state index is -1.12. The molecule has 12 heteroatoms. The van der Waals surface area contributed by atoms with E-state index in [4.69, 9.17) is 21.4 Å². The first-order valence-electron chi connectivity index (χ1n) is 13.7. The zero-order chi connectivity index (χ0) is 32.0. The highest BCUT2D eigenvalue weighted by Gasteiger charge is 2.44. The molecule has 6 rings (SSSR count). The van der Waals surface area contributed by atoms with Gasteiger partial charge in [-0.05, 0) is 5.57 Å². The van der Waals surface area contributed by atoms with Crippen LogP contribution in [0.2, 0.25) is 0 Å². The summed E-state index contributed by atoms with van der Waals surface area (Å²) in [5, 5.41) is 15.2. The third kappa shape index (κ3) is 6.37. The Labute approximate surface area is 267 Å². The molecule has 1 saturated heterocycles. The summed E-state index contributed by atoms with van der Waals surface area (Å²) in [6.45, 7) is 3.55. The second kappa shape index (κ2) is 13.6.